The van der Waals surface area contributed by atoms with Crippen LogP contribution in [0.2, 0.25) is 0 Å². The van der Waals surface area contributed by atoms with E-state index in [0.717, 1.165) is 72.1 Å². The second kappa shape index (κ2) is 9.73. The van der Waals surface area contributed by atoms with Gasteiger partial charge in [-0.05, 0) is 6.42 Å². The van der Waals surface area contributed by atoms with E-state index in [4.69, 9.17) is 15.2 Å². The summed E-state index contributed by atoms with van der Waals surface area (Å²) in [6, 6.07) is 0. The van der Waals surface area contributed by atoms with E-state index >= 15 is 0 Å². The van der Waals surface area contributed by atoms with Gasteiger partial charge in [0.2, 0.25) is 0 Å². The molecule has 0 bridgehead atoms. The maximum absolute atomic E-state index is 5.95. The number of aliphatic imine (C=N–C) groups is 1. The molecule has 0 amide bonds. The summed E-state index contributed by atoms with van der Waals surface area (Å²) in [7, 11) is 0. The van der Waals surface area contributed by atoms with Crippen LogP contribution in [0.25, 0.3) is 0 Å². The topological polar surface area (TPSA) is 63.3 Å². The number of nitrogens with zero attached hydrogens (tertiary/aromatic N) is 3. The van der Waals surface area contributed by atoms with E-state index in [2.05, 4.69) is 14.8 Å². The van der Waals surface area contributed by atoms with Crippen molar-refractivity contribution in [3.63, 3.8) is 0 Å². The molecular weight excluding hydrogens is 359 g/mol. The predicted molar refractivity (Wildman–Crippen MR) is 86.2 cm³/mol. The minimum atomic E-state index is 0. The summed E-state index contributed by atoms with van der Waals surface area (Å²) in [4.78, 5) is 8.96. The van der Waals surface area contributed by atoms with Gasteiger partial charge in [-0.1, -0.05) is 0 Å². The van der Waals surface area contributed by atoms with Crippen molar-refractivity contribution in [3.8, 4) is 0 Å². The molecule has 0 aromatic carbocycles. The summed E-state index contributed by atoms with van der Waals surface area (Å²) in [5.41, 5.74) is 5.95. The van der Waals surface area contributed by atoms with Gasteiger partial charge in [-0.15, -0.1) is 24.0 Å². The van der Waals surface area contributed by atoms with Gasteiger partial charge in [-0.25, -0.2) is 0 Å². The lowest BCUT2D eigenvalue weighted by atomic mass is 10.3. The monoisotopic (exact) mass is 384 g/mol. The second-order valence-corrected chi connectivity index (χ2v) is 4.65. The van der Waals surface area contributed by atoms with Crippen molar-refractivity contribution in [1.29, 1.82) is 0 Å². The van der Waals surface area contributed by atoms with E-state index in [-0.39, 0.29) is 24.0 Å². The molecule has 2 aliphatic rings. The number of nitrogens with two attached hydrogens (primary N) is 1. The molecule has 2 heterocycles. The molecular formula is C12H25IN4O2. The van der Waals surface area contributed by atoms with E-state index in [9.17, 15) is 0 Å². The fraction of sp³-hybridized carbons (Fsp3) is 0.917. The van der Waals surface area contributed by atoms with Gasteiger partial charge in [0.05, 0.1) is 26.4 Å². The van der Waals surface area contributed by atoms with Gasteiger partial charge in [0.1, 0.15) is 0 Å². The van der Waals surface area contributed by atoms with Gasteiger partial charge >= 0.3 is 0 Å². The lowest BCUT2D eigenvalue weighted by Crippen LogP contribution is -2.45. The summed E-state index contributed by atoms with van der Waals surface area (Å²) in [5.74, 6) is 0.667. The van der Waals surface area contributed by atoms with Crippen LogP contribution in [0.4, 0.5) is 0 Å². The number of hydrogen-bond donors (Lipinski definition) is 1. The van der Waals surface area contributed by atoms with Crippen molar-refractivity contribution in [2.75, 3.05) is 65.7 Å². The Kier molecular flexibility index (Phi) is 8.67. The standard InChI is InChI=1S/C12H24N4O2.HI/c13-12(16-6-10-18-11-7-16)14-2-1-3-15-4-8-17-9-5-15;/h1-11H2,(H2,13,14);1H. The van der Waals surface area contributed by atoms with Gasteiger partial charge < -0.3 is 20.1 Å². The largest absolute Gasteiger partial charge is 0.379 e. The van der Waals surface area contributed by atoms with Gasteiger partial charge in [0, 0.05) is 39.3 Å². The summed E-state index contributed by atoms with van der Waals surface area (Å²) < 4.78 is 10.6. The third kappa shape index (κ3) is 6.24. The molecule has 0 radical (unpaired) electrons. The van der Waals surface area contributed by atoms with Gasteiger partial charge in [0.15, 0.2) is 5.96 Å². The van der Waals surface area contributed by atoms with E-state index in [1.807, 2.05) is 0 Å². The Labute approximate surface area is 132 Å². The molecule has 0 aromatic rings. The van der Waals surface area contributed by atoms with Crippen LogP contribution in [0.5, 0.6) is 0 Å². The summed E-state index contributed by atoms with van der Waals surface area (Å²) in [6.45, 7) is 8.93. The first-order chi connectivity index (χ1) is 8.86. The highest BCUT2D eigenvalue weighted by molar-refractivity contribution is 14.0. The Morgan fingerprint density at radius 1 is 1.00 bits per heavy atom. The highest BCUT2D eigenvalue weighted by Crippen LogP contribution is 1.99. The van der Waals surface area contributed by atoms with Crippen LogP contribution in [0, 0.1) is 0 Å². The number of halogens is 1. The molecule has 2 N–H and O–H groups in total. The quantitative estimate of drug-likeness (QED) is 0.319. The second-order valence-electron chi connectivity index (χ2n) is 4.65. The molecule has 0 saturated carbocycles. The molecule has 7 heteroatoms. The normalized spacial score (nSPS) is 22.1. The lowest BCUT2D eigenvalue weighted by molar-refractivity contribution is 0.0377. The maximum Gasteiger partial charge on any atom is 0.191 e. The Bertz CT molecular complexity index is 266. The van der Waals surface area contributed by atoms with E-state index in [1.165, 1.54) is 0 Å². The Morgan fingerprint density at radius 2 is 1.58 bits per heavy atom. The SMILES string of the molecule is I.NC(=NCCCN1CCOCC1)N1CCOCC1. The van der Waals surface area contributed by atoms with Crippen molar-refractivity contribution >= 4 is 29.9 Å². The van der Waals surface area contributed by atoms with Gasteiger partial charge in [-0.2, -0.15) is 0 Å². The molecule has 0 atom stereocenters. The average molecular weight is 384 g/mol. The molecule has 0 aromatic heterocycles. The van der Waals surface area contributed by atoms with E-state index in [1.54, 1.807) is 0 Å². The molecule has 2 saturated heterocycles. The van der Waals surface area contributed by atoms with Crippen molar-refractivity contribution in [3.05, 3.63) is 0 Å². The number of ether oxygens (including phenoxy) is 2. The fourth-order valence-electron chi connectivity index (χ4n) is 2.21. The summed E-state index contributed by atoms with van der Waals surface area (Å²) >= 11 is 0. The van der Waals surface area contributed by atoms with E-state index < -0.39 is 0 Å². The van der Waals surface area contributed by atoms with Crippen LogP contribution in [0.3, 0.4) is 0 Å². The third-order valence-corrected chi connectivity index (χ3v) is 3.35. The Balaban J connectivity index is 0.00000180. The minimum absolute atomic E-state index is 0. The molecule has 6 nitrogen and oxygen atoms in total. The Hall–Kier alpha value is -0.120. The number of guanidine groups is 1. The van der Waals surface area contributed by atoms with Crippen molar-refractivity contribution in [2.45, 2.75) is 6.42 Å². The van der Waals surface area contributed by atoms with E-state index in [0.29, 0.717) is 5.96 Å². The summed E-state index contributed by atoms with van der Waals surface area (Å²) in [5, 5.41) is 0. The van der Waals surface area contributed by atoms with Gasteiger partial charge in [0.25, 0.3) is 0 Å². The first-order valence-electron chi connectivity index (χ1n) is 6.79. The number of morpholine rings is 2. The Morgan fingerprint density at radius 3 is 2.21 bits per heavy atom. The zero-order valence-corrected chi connectivity index (χ0v) is 13.8. The average Bonchev–Trinajstić information content (AvgIpc) is 2.45. The lowest BCUT2D eigenvalue weighted by Gasteiger charge is -2.28. The van der Waals surface area contributed by atoms with Crippen LogP contribution in [0.15, 0.2) is 4.99 Å². The molecule has 0 unspecified atom stereocenters. The minimum Gasteiger partial charge on any atom is -0.379 e. The van der Waals surface area contributed by atoms with Crippen LogP contribution in [-0.4, -0.2) is 81.5 Å². The van der Waals surface area contributed by atoms with Crippen LogP contribution >= 0.6 is 24.0 Å². The summed E-state index contributed by atoms with van der Waals surface area (Å²) in [6.07, 6.45) is 1.06. The van der Waals surface area contributed by atoms with Crippen molar-refractivity contribution < 1.29 is 9.47 Å². The zero-order valence-electron chi connectivity index (χ0n) is 11.4. The van der Waals surface area contributed by atoms with Crippen molar-refractivity contribution in [1.82, 2.24) is 9.80 Å². The van der Waals surface area contributed by atoms with Crippen molar-refractivity contribution in [2.24, 2.45) is 10.7 Å². The maximum atomic E-state index is 5.95. The molecule has 19 heavy (non-hydrogen) atoms. The molecule has 0 spiro atoms. The molecule has 2 fully saturated rings. The first-order valence-corrected chi connectivity index (χ1v) is 6.79. The molecule has 112 valence electrons. The number of rotatable bonds is 4. The number of hydrogen-bond acceptors (Lipinski definition) is 4. The van der Waals surface area contributed by atoms with Crippen LogP contribution in [0.1, 0.15) is 6.42 Å². The fourth-order valence-corrected chi connectivity index (χ4v) is 2.21. The zero-order chi connectivity index (χ0) is 12.6. The first kappa shape index (κ1) is 16.9. The van der Waals surface area contributed by atoms with Crippen LogP contribution < -0.4 is 5.73 Å². The van der Waals surface area contributed by atoms with Crippen LogP contribution in [-0.2, 0) is 9.47 Å². The molecule has 0 aliphatic carbocycles. The predicted octanol–water partition coefficient (Wildman–Crippen LogP) is -0.0264. The molecule has 2 aliphatic heterocycles. The highest BCUT2D eigenvalue weighted by Gasteiger charge is 2.12. The smallest absolute Gasteiger partial charge is 0.191 e. The van der Waals surface area contributed by atoms with Gasteiger partial charge in [-0.3, -0.25) is 9.89 Å². The highest BCUT2D eigenvalue weighted by atomic mass is 127. The third-order valence-electron chi connectivity index (χ3n) is 3.35. The molecule has 2 rings (SSSR count).